The Morgan fingerprint density at radius 2 is 1.69 bits per heavy atom. The average molecular weight is 343 g/mol. The lowest BCUT2D eigenvalue weighted by Crippen LogP contribution is -2.08. The monoisotopic (exact) mass is 343 g/mol. The minimum absolute atomic E-state index is 0.611. The maximum Gasteiger partial charge on any atom is 0.226 e. The zero-order valence-electron chi connectivity index (χ0n) is 15.0. The number of hydrogen-bond acceptors (Lipinski definition) is 4. The van der Waals surface area contributed by atoms with Crippen molar-refractivity contribution in [1.82, 2.24) is 19.9 Å². The summed E-state index contributed by atoms with van der Waals surface area (Å²) in [5, 5.41) is 4.46. The Balaban J connectivity index is 1.73. The minimum atomic E-state index is 0.611. The third-order valence-corrected chi connectivity index (χ3v) is 4.41. The van der Waals surface area contributed by atoms with Crippen molar-refractivity contribution in [3.05, 3.63) is 71.7 Å². The topological polar surface area (TPSA) is 66.5 Å². The van der Waals surface area contributed by atoms with E-state index < -0.39 is 0 Å². The molecule has 0 unspecified atom stereocenters. The van der Waals surface area contributed by atoms with Crippen LogP contribution in [0.5, 0.6) is 0 Å². The molecule has 0 fully saturated rings. The molecular formula is C21H21N5. The summed E-state index contributed by atoms with van der Waals surface area (Å²) < 4.78 is 0. The Kier molecular flexibility index (Phi) is 4.35. The fraction of sp³-hybridized carbons (Fsp3) is 0.190. The van der Waals surface area contributed by atoms with Crippen molar-refractivity contribution < 1.29 is 0 Å². The highest BCUT2D eigenvalue weighted by molar-refractivity contribution is 5.95. The number of fused-ring (bicyclic) bond motifs is 1. The van der Waals surface area contributed by atoms with Crippen molar-refractivity contribution in [1.29, 1.82) is 0 Å². The third-order valence-electron chi connectivity index (χ3n) is 4.41. The second kappa shape index (κ2) is 6.96. The molecule has 4 rings (SSSR count). The summed E-state index contributed by atoms with van der Waals surface area (Å²) in [6.45, 7) is 4.80. The van der Waals surface area contributed by atoms with Crippen LogP contribution in [0, 0.1) is 6.92 Å². The lowest BCUT2D eigenvalue weighted by molar-refractivity contribution is 0.896. The first kappa shape index (κ1) is 16.3. The molecule has 2 aromatic carbocycles. The second-order valence-corrected chi connectivity index (χ2v) is 6.26. The number of rotatable bonds is 5. The number of nitrogens with one attached hydrogen (secondary N) is 2. The maximum atomic E-state index is 4.70. The number of aromatic nitrogens is 4. The number of H-pyrrole nitrogens is 1. The predicted octanol–water partition coefficient (Wildman–Crippen LogP) is 4.50. The fourth-order valence-electron chi connectivity index (χ4n) is 3.11. The number of aryl methyl sites for hydroxylation is 2. The third kappa shape index (κ3) is 3.16. The van der Waals surface area contributed by atoms with E-state index in [1.807, 2.05) is 30.3 Å². The van der Waals surface area contributed by atoms with Crippen LogP contribution in [0.25, 0.3) is 22.3 Å². The Labute approximate surface area is 152 Å². The van der Waals surface area contributed by atoms with Gasteiger partial charge in [-0.3, -0.25) is 0 Å². The molecule has 0 bridgehead atoms. The van der Waals surface area contributed by atoms with Crippen LogP contribution in [0.3, 0.4) is 0 Å². The van der Waals surface area contributed by atoms with Gasteiger partial charge >= 0.3 is 0 Å². The van der Waals surface area contributed by atoms with Gasteiger partial charge in [-0.2, -0.15) is 9.97 Å². The van der Waals surface area contributed by atoms with Crippen LogP contribution in [0.2, 0.25) is 0 Å². The smallest absolute Gasteiger partial charge is 0.226 e. The molecule has 0 amide bonds. The lowest BCUT2D eigenvalue weighted by atomic mass is 10.1. The van der Waals surface area contributed by atoms with Crippen LogP contribution in [-0.4, -0.2) is 19.9 Å². The highest BCUT2D eigenvalue weighted by Crippen LogP contribution is 2.30. The van der Waals surface area contributed by atoms with Crippen molar-refractivity contribution in [3.63, 3.8) is 0 Å². The molecule has 0 saturated heterocycles. The first-order chi connectivity index (χ1) is 12.7. The van der Waals surface area contributed by atoms with Crippen LogP contribution in [0.15, 0.2) is 54.6 Å². The summed E-state index contributed by atoms with van der Waals surface area (Å²) in [6.07, 6.45) is 0.761. The molecule has 2 aromatic heterocycles. The zero-order valence-corrected chi connectivity index (χ0v) is 15.0. The van der Waals surface area contributed by atoms with E-state index in [-0.39, 0.29) is 0 Å². The molecule has 0 spiro atoms. The van der Waals surface area contributed by atoms with Crippen LogP contribution in [-0.2, 0) is 13.0 Å². The molecular weight excluding hydrogens is 322 g/mol. The van der Waals surface area contributed by atoms with E-state index in [9.17, 15) is 0 Å². The normalized spacial score (nSPS) is 11.0. The van der Waals surface area contributed by atoms with Crippen LogP contribution >= 0.6 is 0 Å². The fourth-order valence-corrected chi connectivity index (χ4v) is 3.11. The van der Waals surface area contributed by atoms with E-state index in [0.29, 0.717) is 18.3 Å². The minimum Gasteiger partial charge on any atom is -0.358 e. The van der Waals surface area contributed by atoms with Gasteiger partial charge in [0, 0.05) is 35.1 Å². The van der Waals surface area contributed by atoms with Gasteiger partial charge in [-0.25, -0.2) is 4.98 Å². The van der Waals surface area contributed by atoms with Gasteiger partial charge in [-0.1, -0.05) is 55.5 Å². The van der Waals surface area contributed by atoms with Gasteiger partial charge in [-0.05, 0) is 18.6 Å². The summed E-state index contributed by atoms with van der Waals surface area (Å²) in [4.78, 5) is 17.3. The van der Waals surface area contributed by atoms with Gasteiger partial charge in [0.25, 0.3) is 0 Å². The quantitative estimate of drug-likeness (QED) is 0.560. The number of aromatic amines is 1. The maximum absolute atomic E-state index is 4.70. The first-order valence-corrected chi connectivity index (χ1v) is 8.85. The van der Waals surface area contributed by atoms with Gasteiger partial charge < -0.3 is 10.3 Å². The summed E-state index contributed by atoms with van der Waals surface area (Å²) in [6, 6.07) is 18.5. The molecule has 2 heterocycles. The van der Waals surface area contributed by atoms with Gasteiger partial charge in [0.05, 0.1) is 0 Å². The Morgan fingerprint density at radius 3 is 2.50 bits per heavy atom. The van der Waals surface area contributed by atoms with E-state index in [1.54, 1.807) is 0 Å². The number of nitrogens with zero attached hydrogens (tertiary/aromatic N) is 3. The molecule has 5 nitrogen and oxygen atoms in total. The zero-order chi connectivity index (χ0) is 17.9. The Hall–Kier alpha value is -3.21. The van der Waals surface area contributed by atoms with E-state index in [0.717, 1.165) is 34.4 Å². The van der Waals surface area contributed by atoms with E-state index in [1.165, 1.54) is 5.56 Å². The van der Waals surface area contributed by atoms with E-state index in [2.05, 4.69) is 58.4 Å². The van der Waals surface area contributed by atoms with Gasteiger partial charge in [0.15, 0.2) is 5.82 Å². The summed E-state index contributed by atoms with van der Waals surface area (Å²) in [7, 11) is 0. The molecule has 5 heteroatoms. The number of benzene rings is 2. The number of anilines is 1. The molecule has 0 radical (unpaired) electrons. The standard InChI is InChI=1S/C21H21N5/c1-3-18-24-20(19-14(2)23-17-12-8-7-11-16(17)19)26-21(25-18)22-13-15-9-5-4-6-10-15/h4-12,23H,3,13H2,1-2H3,(H,22,24,25,26). The molecule has 0 aliphatic rings. The molecule has 0 aliphatic carbocycles. The molecule has 2 N–H and O–H groups in total. The summed E-state index contributed by atoms with van der Waals surface area (Å²) in [5.41, 5.74) is 4.39. The van der Waals surface area contributed by atoms with Crippen molar-refractivity contribution in [2.75, 3.05) is 5.32 Å². The van der Waals surface area contributed by atoms with Crippen molar-refractivity contribution in [3.8, 4) is 11.4 Å². The lowest BCUT2D eigenvalue weighted by Gasteiger charge is -2.09. The highest BCUT2D eigenvalue weighted by Gasteiger charge is 2.15. The molecule has 0 aliphatic heterocycles. The highest BCUT2D eigenvalue weighted by atomic mass is 15.2. The molecule has 26 heavy (non-hydrogen) atoms. The van der Waals surface area contributed by atoms with Gasteiger partial charge in [0.2, 0.25) is 5.95 Å². The second-order valence-electron chi connectivity index (χ2n) is 6.26. The molecule has 4 aromatic rings. The van der Waals surface area contributed by atoms with Crippen molar-refractivity contribution in [2.45, 2.75) is 26.8 Å². The van der Waals surface area contributed by atoms with Crippen LogP contribution < -0.4 is 5.32 Å². The van der Waals surface area contributed by atoms with Crippen molar-refractivity contribution >= 4 is 16.9 Å². The predicted molar refractivity (Wildman–Crippen MR) is 105 cm³/mol. The molecule has 0 saturated carbocycles. The van der Waals surface area contributed by atoms with Crippen molar-refractivity contribution in [2.24, 2.45) is 0 Å². The summed E-state index contributed by atoms with van der Waals surface area (Å²) in [5.74, 6) is 2.11. The Bertz CT molecular complexity index is 1040. The molecule has 130 valence electrons. The summed E-state index contributed by atoms with van der Waals surface area (Å²) >= 11 is 0. The SMILES string of the molecule is CCc1nc(NCc2ccccc2)nc(-c2c(C)[nH]c3ccccc23)n1. The molecule has 0 atom stereocenters. The van der Waals surface area contributed by atoms with Gasteiger partial charge in [0.1, 0.15) is 5.82 Å². The van der Waals surface area contributed by atoms with E-state index >= 15 is 0 Å². The van der Waals surface area contributed by atoms with Gasteiger partial charge in [-0.15, -0.1) is 0 Å². The van der Waals surface area contributed by atoms with Crippen LogP contribution in [0.1, 0.15) is 24.0 Å². The largest absolute Gasteiger partial charge is 0.358 e. The Morgan fingerprint density at radius 1 is 0.923 bits per heavy atom. The van der Waals surface area contributed by atoms with E-state index in [4.69, 9.17) is 4.98 Å². The van der Waals surface area contributed by atoms with Crippen LogP contribution in [0.4, 0.5) is 5.95 Å². The number of para-hydroxylation sites is 1. The average Bonchev–Trinajstić information content (AvgIpc) is 3.02. The first-order valence-electron chi connectivity index (χ1n) is 8.85. The number of hydrogen-bond donors (Lipinski definition) is 2.